The van der Waals surface area contributed by atoms with Gasteiger partial charge in [0.1, 0.15) is 0 Å². The van der Waals surface area contributed by atoms with E-state index in [0.29, 0.717) is 31.2 Å². The predicted molar refractivity (Wildman–Crippen MR) is 61.1 cm³/mol. The van der Waals surface area contributed by atoms with Crippen LogP contribution in [0.15, 0.2) is 22.8 Å². The first-order chi connectivity index (χ1) is 8.16. The molecule has 17 heavy (non-hydrogen) atoms. The molecule has 2 N–H and O–H groups in total. The van der Waals surface area contributed by atoms with Crippen molar-refractivity contribution in [1.29, 1.82) is 0 Å². The normalized spacial score (nSPS) is 17.1. The lowest BCUT2D eigenvalue weighted by Crippen LogP contribution is -2.39. The van der Waals surface area contributed by atoms with Gasteiger partial charge >= 0.3 is 0 Å². The topological polar surface area (TPSA) is 76.5 Å². The highest BCUT2D eigenvalue weighted by Gasteiger charge is 2.25. The average molecular weight is 236 g/mol. The molecule has 0 unspecified atom stereocenters. The van der Waals surface area contributed by atoms with Gasteiger partial charge in [-0.25, -0.2) is 0 Å². The summed E-state index contributed by atoms with van der Waals surface area (Å²) in [4.78, 5) is 24.5. The van der Waals surface area contributed by atoms with E-state index in [-0.39, 0.29) is 11.8 Å². The fourth-order valence-corrected chi connectivity index (χ4v) is 2.18. The van der Waals surface area contributed by atoms with Crippen molar-refractivity contribution in [2.45, 2.75) is 19.3 Å². The molecule has 1 saturated heterocycles. The largest absolute Gasteiger partial charge is 0.459 e. The summed E-state index contributed by atoms with van der Waals surface area (Å²) < 4.78 is 5.07. The molecule has 0 saturated carbocycles. The van der Waals surface area contributed by atoms with Crippen LogP contribution in [0.3, 0.4) is 0 Å². The van der Waals surface area contributed by atoms with Crippen LogP contribution < -0.4 is 5.73 Å². The second-order valence-corrected chi connectivity index (χ2v) is 4.38. The minimum Gasteiger partial charge on any atom is -0.459 e. The molecule has 0 atom stereocenters. The average Bonchev–Trinajstić information content (AvgIpc) is 2.82. The summed E-state index contributed by atoms with van der Waals surface area (Å²) in [6.07, 6.45) is 3.57. The van der Waals surface area contributed by atoms with E-state index in [1.54, 1.807) is 17.0 Å². The second-order valence-electron chi connectivity index (χ2n) is 4.38. The SMILES string of the molecule is NC(=O)CC1CCN(C(=O)c2ccco2)CC1. The van der Waals surface area contributed by atoms with Crippen LogP contribution in [-0.4, -0.2) is 29.8 Å². The molecule has 2 heterocycles. The minimum absolute atomic E-state index is 0.0764. The van der Waals surface area contributed by atoms with Crippen molar-refractivity contribution in [3.63, 3.8) is 0 Å². The Morgan fingerprint density at radius 1 is 1.41 bits per heavy atom. The third-order valence-electron chi connectivity index (χ3n) is 3.12. The van der Waals surface area contributed by atoms with Crippen LogP contribution in [0.25, 0.3) is 0 Å². The first-order valence-electron chi connectivity index (χ1n) is 5.78. The van der Waals surface area contributed by atoms with Crippen LogP contribution in [0.2, 0.25) is 0 Å². The Morgan fingerprint density at radius 2 is 2.12 bits per heavy atom. The number of likely N-dealkylation sites (tertiary alicyclic amines) is 1. The van der Waals surface area contributed by atoms with Crippen LogP contribution in [0.1, 0.15) is 29.8 Å². The van der Waals surface area contributed by atoms with Gasteiger partial charge in [-0.1, -0.05) is 0 Å². The molecule has 1 aliphatic heterocycles. The molecule has 0 aromatic carbocycles. The maximum atomic E-state index is 11.9. The van der Waals surface area contributed by atoms with E-state index < -0.39 is 0 Å². The molecule has 1 aromatic heterocycles. The van der Waals surface area contributed by atoms with Gasteiger partial charge in [0.05, 0.1) is 6.26 Å². The van der Waals surface area contributed by atoms with E-state index in [4.69, 9.17) is 10.2 Å². The Labute approximate surface area is 99.6 Å². The number of carbonyl (C=O) groups excluding carboxylic acids is 2. The van der Waals surface area contributed by atoms with Crippen molar-refractivity contribution in [2.24, 2.45) is 11.7 Å². The number of rotatable bonds is 3. The van der Waals surface area contributed by atoms with Gasteiger partial charge < -0.3 is 15.1 Å². The fraction of sp³-hybridized carbons (Fsp3) is 0.500. The zero-order chi connectivity index (χ0) is 12.3. The lowest BCUT2D eigenvalue weighted by atomic mass is 9.93. The lowest BCUT2D eigenvalue weighted by Gasteiger charge is -2.30. The number of primary amides is 1. The highest BCUT2D eigenvalue weighted by molar-refractivity contribution is 5.91. The Bertz CT molecular complexity index is 392. The summed E-state index contributed by atoms with van der Waals surface area (Å²) in [7, 11) is 0. The van der Waals surface area contributed by atoms with Crippen molar-refractivity contribution in [2.75, 3.05) is 13.1 Å². The molecule has 0 spiro atoms. The molecule has 92 valence electrons. The van der Waals surface area contributed by atoms with Crippen LogP contribution in [0.4, 0.5) is 0 Å². The predicted octanol–water partition coefficient (Wildman–Crippen LogP) is 1.01. The number of piperidine rings is 1. The first-order valence-corrected chi connectivity index (χ1v) is 5.78. The fourth-order valence-electron chi connectivity index (χ4n) is 2.18. The van der Waals surface area contributed by atoms with E-state index >= 15 is 0 Å². The molecule has 1 aliphatic rings. The van der Waals surface area contributed by atoms with Gasteiger partial charge in [0.15, 0.2) is 5.76 Å². The van der Waals surface area contributed by atoms with Gasteiger partial charge in [-0.3, -0.25) is 9.59 Å². The smallest absolute Gasteiger partial charge is 0.289 e. The first kappa shape index (κ1) is 11.7. The number of nitrogens with zero attached hydrogens (tertiary/aromatic N) is 1. The van der Waals surface area contributed by atoms with E-state index in [2.05, 4.69) is 0 Å². The molecule has 1 aromatic rings. The molecule has 1 fully saturated rings. The van der Waals surface area contributed by atoms with Gasteiger partial charge in [-0.15, -0.1) is 0 Å². The van der Waals surface area contributed by atoms with Gasteiger partial charge in [-0.2, -0.15) is 0 Å². The molecule has 5 nitrogen and oxygen atoms in total. The van der Waals surface area contributed by atoms with Crippen LogP contribution >= 0.6 is 0 Å². The number of carbonyl (C=O) groups is 2. The summed E-state index contributed by atoms with van der Waals surface area (Å²) in [5, 5.41) is 0. The van der Waals surface area contributed by atoms with E-state index in [1.165, 1.54) is 6.26 Å². The molecule has 2 rings (SSSR count). The molecule has 5 heteroatoms. The van der Waals surface area contributed by atoms with Crippen molar-refractivity contribution in [3.8, 4) is 0 Å². The Hall–Kier alpha value is -1.78. The highest BCUT2D eigenvalue weighted by Crippen LogP contribution is 2.21. The molecule has 0 radical (unpaired) electrons. The monoisotopic (exact) mass is 236 g/mol. The zero-order valence-corrected chi connectivity index (χ0v) is 9.59. The molecular weight excluding hydrogens is 220 g/mol. The van der Waals surface area contributed by atoms with Gasteiger partial charge in [0.25, 0.3) is 5.91 Å². The summed E-state index contributed by atoms with van der Waals surface area (Å²) in [5.74, 6) is 0.347. The summed E-state index contributed by atoms with van der Waals surface area (Å²) in [5.41, 5.74) is 5.16. The lowest BCUT2D eigenvalue weighted by molar-refractivity contribution is -0.119. The molecule has 2 amide bonds. The van der Waals surface area contributed by atoms with Gasteiger partial charge in [-0.05, 0) is 30.9 Å². The summed E-state index contributed by atoms with van der Waals surface area (Å²) in [6, 6.07) is 3.37. The van der Waals surface area contributed by atoms with Crippen molar-refractivity contribution >= 4 is 11.8 Å². The maximum absolute atomic E-state index is 11.9. The maximum Gasteiger partial charge on any atom is 0.289 e. The molecular formula is C12H16N2O3. The van der Waals surface area contributed by atoms with Crippen molar-refractivity contribution in [1.82, 2.24) is 4.90 Å². The summed E-state index contributed by atoms with van der Waals surface area (Å²) in [6.45, 7) is 1.33. The Kier molecular flexibility index (Phi) is 3.46. The Morgan fingerprint density at radius 3 is 2.65 bits per heavy atom. The van der Waals surface area contributed by atoms with Crippen LogP contribution in [0, 0.1) is 5.92 Å². The van der Waals surface area contributed by atoms with Gasteiger partial charge in [0.2, 0.25) is 5.91 Å². The van der Waals surface area contributed by atoms with E-state index in [9.17, 15) is 9.59 Å². The molecule has 0 bridgehead atoms. The summed E-state index contributed by atoms with van der Waals surface area (Å²) >= 11 is 0. The second kappa shape index (κ2) is 5.03. The van der Waals surface area contributed by atoms with Crippen LogP contribution in [0.5, 0.6) is 0 Å². The zero-order valence-electron chi connectivity index (χ0n) is 9.59. The number of furan rings is 1. The van der Waals surface area contributed by atoms with Crippen molar-refractivity contribution < 1.29 is 14.0 Å². The number of hydrogen-bond acceptors (Lipinski definition) is 3. The standard InChI is InChI=1S/C12H16N2O3/c13-11(15)8-9-3-5-14(6-4-9)12(16)10-2-1-7-17-10/h1-2,7,9H,3-6,8H2,(H2,13,15). The third-order valence-corrected chi connectivity index (χ3v) is 3.12. The van der Waals surface area contributed by atoms with E-state index in [0.717, 1.165) is 12.8 Å². The quantitative estimate of drug-likeness (QED) is 0.850. The molecule has 0 aliphatic carbocycles. The number of nitrogens with two attached hydrogens (primary N) is 1. The van der Waals surface area contributed by atoms with Gasteiger partial charge in [0, 0.05) is 19.5 Å². The van der Waals surface area contributed by atoms with Crippen molar-refractivity contribution in [3.05, 3.63) is 24.2 Å². The third kappa shape index (κ3) is 2.87. The number of hydrogen-bond donors (Lipinski definition) is 1. The van der Waals surface area contributed by atoms with E-state index in [1.807, 2.05) is 0 Å². The highest BCUT2D eigenvalue weighted by atomic mass is 16.3. The Balaban J connectivity index is 1.87. The number of amides is 2. The minimum atomic E-state index is -0.263. The van der Waals surface area contributed by atoms with Crippen LogP contribution in [-0.2, 0) is 4.79 Å².